The lowest BCUT2D eigenvalue weighted by molar-refractivity contribution is 0.0724. The Balaban J connectivity index is 2.62. The van der Waals surface area contributed by atoms with Crippen molar-refractivity contribution in [1.29, 1.82) is 0 Å². The molecule has 19 heavy (non-hydrogen) atoms. The van der Waals surface area contributed by atoms with Crippen LogP contribution >= 0.6 is 11.8 Å². The van der Waals surface area contributed by atoms with Crippen molar-refractivity contribution in [2.45, 2.75) is 24.8 Å². The summed E-state index contributed by atoms with van der Waals surface area (Å²) >= 11 is 1.67. The minimum Gasteiger partial charge on any atom is -0.392 e. The lowest BCUT2D eigenvalue weighted by Gasteiger charge is -2.31. The second kappa shape index (κ2) is 7.70. The second-order valence-electron chi connectivity index (χ2n) is 5.14. The molecule has 0 heterocycles. The van der Waals surface area contributed by atoms with Crippen molar-refractivity contribution in [1.82, 2.24) is 10.4 Å². The number of nitrogens with one attached hydrogen (secondary N) is 1. The van der Waals surface area contributed by atoms with Crippen LogP contribution in [0.3, 0.4) is 0 Å². The lowest BCUT2D eigenvalue weighted by atomic mass is 9.85. The Morgan fingerprint density at radius 1 is 1.37 bits per heavy atom. The van der Waals surface area contributed by atoms with E-state index in [9.17, 15) is 5.11 Å². The standard InChI is InChI=1S/C15H24N2OS/c1-13(18)15(2,12-16-17(3)4)10-11-19-14-8-6-5-7-9-14/h5-11,13,16,18H,12H2,1-4H3/b11-10+. The van der Waals surface area contributed by atoms with Crippen LogP contribution in [0.5, 0.6) is 0 Å². The van der Waals surface area contributed by atoms with Gasteiger partial charge < -0.3 is 5.11 Å². The molecule has 0 amide bonds. The molecule has 4 heteroatoms. The molecule has 1 aromatic rings. The Labute approximate surface area is 120 Å². The van der Waals surface area contributed by atoms with Crippen molar-refractivity contribution in [2.24, 2.45) is 5.41 Å². The van der Waals surface area contributed by atoms with Crippen LogP contribution in [0.25, 0.3) is 0 Å². The normalized spacial score (nSPS) is 16.7. The van der Waals surface area contributed by atoms with E-state index >= 15 is 0 Å². The van der Waals surface area contributed by atoms with E-state index in [0.29, 0.717) is 6.54 Å². The minimum absolute atomic E-state index is 0.286. The highest BCUT2D eigenvalue weighted by molar-refractivity contribution is 8.02. The second-order valence-corrected chi connectivity index (χ2v) is 6.12. The number of hydrogen-bond donors (Lipinski definition) is 2. The van der Waals surface area contributed by atoms with E-state index < -0.39 is 6.10 Å². The molecule has 3 nitrogen and oxygen atoms in total. The van der Waals surface area contributed by atoms with Gasteiger partial charge in [0.15, 0.2) is 0 Å². The quantitative estimate of drug-likeness (QED) is 0.595. The first kappa shape index (κ1) is 16.2. The minimum atomic E-state index is -0.410. The highest BCUT2D eigenvalue weighted by Crippen LogP contribution is 2.26. The molecular weight excluding hydrogens is 256 g/mol. The number of benzene rings is 1. The maximum absolute atomic E-state index is 9.96. The molecule has 0 radical (unpaired) electrons. The molecule has 0 aliphatic carbocycles. The van der Waals surface area contributed by atoms with E-state index in [2.05, 4.69) is 36.0 Å². The molecular formula is C15H24N2OS. The van der Waals surface area contributed by atoms with Crippen molar-refractivity contribution in [3.8, 4) is 0 Å². The molecule has 0 aliphatic rings. The molecule has 0 spiro atoms. The zero-order valence-electron chi connectivity index (χ0n) is 12.1. The van der Waals surface area contributed by atoms with Crippen LogP contribution in [0, 0.1) is 5.41 Å². The summed E-state index contributed by atoms with van der Waals surface area (Å²) in [4.78, 5) is 1.20. The number of aliphatic hydroxyl groups is 1. The number of thioether (sulfide) groups is 1. The zero-order chi connectivity index (χ0) is 14.3. The van der Waals surface area contributed by atoms with Crippen LogP contribution in [-0.2, 0) is 0 Å². The highest BCUT2D eigenvalue weighted by atomic mass is 32.2. The van der Waals surface area contributed by atoms with E-state index in [-0.39, 0.29) is 5.41 Å². The molecule has 0 fully saturated rings. The van der Waals surface area contributed by atoms with Crippen LogP contribution in [0.4, 0.5) is 0 Å². The number of rotatable bonds is 7. The average Bonchev–Trinajstić information content (AvgIpc) is 2.37. The fourth-order valence-electron chi connectivity index (χ4n) is 1.44. The summed E-state index contributed by atoms with van der Waals surface area (Å²) in [6, 6.07) is 10.2. The summed E-state index contributed by atoms with van der Waals surface area (Å²) in [7, 11) is 3.90. The Kier molecular flexibility index (Phi) is 6.58. The van der Waals surface area contributed by atoms with Gasteiger partial charge in [-0.05, 0) is 24.5 Å². The molecule has 2 atom stereocenters. The van der Waals surface area contributed by atoms with E-state index in [1.54, 1.807) is 11.8 Å². The average molecular weight is 280 g/mol. The molecule has 2 unspecified atom stereocenters. The highest BCUT2D eigenvalue weighted by Gasteiger charge is 2.26. The van der Waals surface area contributed by atoms with E-state index in [0.717, 1.165) is 0 Å². The summed E-state index contributed by atoms with van der Waals surface area (Å²) in [5, 5.41) is 13.9. The monoisotopic (exact) mass is 280 g/mol. The molecule has 0 saturated carbocycles. The summed E-state index contributed by atoms with van der Waals surface area (Å²) in [5.41, 5.74) is 2.94. The van der Waals surface area contributed by atoms with Gasteiger partial charge in [-0.15, -0.1) is 0 Å². The van der Waals surface area contributed by atoms with Crippen LogP contribution in [0.15, 0.2) is 46.7 Å². The molecule has 1 aromatic carbocycles. The fourth-order valence-corrected chi connectivity index (χ4v) is 2.29. The van der Waals surface area contributed by atoms with Gasteiger partial charge in [0.1, 0.15) is 0 Å². The number of hydrogen-bond acceptors (Lipinski definition) is 4. The van der Waals surface area contributed by atoms with Gasteiger partial charge >= 0.3 is 0 Å². The van der Waals surface area contributed by atoms with Gasteiger partial charge in [0, 0.05) is 31.0 Å². The molecule has 0 aliphatic heterocycles. The van der Waals surface area contributed by atoms with Crippen molar-refractivity contribution < 1.29 is 5.11 Å². The summed E-state index contributed by atoms with van der Waals surface area (Å²) in [6.07, 6.45) is 1.67. The summed E-state index contributed by atoms with van der Waals surface area (Å²) in [6.45, 7) is 4.58. The van der Waals surface area contributed by atoms with E-state index in [1.807, 2.05) is 44.2 Å². The molecule has 0 saturated heterocycles. The van der Waals surface area contributed by atoms with Gasteiger partial charge in [0.05, 0.1) is 6.10 Å². The van der Waals surface area contributed by atoms with Crippen LogP contribution in [-0.4, -0.2) is 36.9 Å². The van der Waals surface area contributed by atoms with Crippen LogP contribution in [0.2, 0.25) is 0 Å². The number of nitrogens with zero attached hydrogens (tertiary/aromatic N) is 1. The number of hydrazine groups is 1. The van der Waals surface area contributed by atoms with Crippen molar-refractivity contribution in [3.63, 3.8) is 0 Å². The topological polar surface area (TPSA) is 35.5 Å². The predicted molar refractivity (Wildman–Crippen MR) is 82.9 cm³/mol. The largest absolute Gasteiger partial charge is 0.392 e. The maximum Gasteiger partial charge on any atom is 0.0613 e. The first-order valence-electron chi connectivity index (χ1n) is 6.42. The third kappa shape index (κ3) is 5.78. The SMILES string of the molecule is CC(O)C(C)(/C=C/Sc1ccccc1)CNN(C)C. The van der Waals surface area contributed by atoms with Gasteiger partial charge in [-0.1, -0.05) is 43.0 Å². The molecule has 0 bridgehead atoms. The molecule has 1 rings (SSSR count). The van der Waals surface area contributed by atoms with Crippen molar-refractivity contribution >= 4 is 11.8 Å². The Morgan fingerprint density at radius 3 is 2.53 bits per heavy atom. The Bertz CT molecular complexity index is 392. The van der Waals surface area contributed by atoms with E-state index in [4.69, 9.17) is 0 Å². The van der Waals surface area contributed by atoms with E-state index in [1.165, 1.54) is 4.90 Å². The van der Waals surface area contributed by atoms with Gasteiger partial charge in [-0.25, -0.2) is 0 Å². The van der Waals surface area contributed by atoms with Gasteiger partial charge in [-0.2, -0.15) is 0 Å². The smallest absolute Gasteiger partial charge is 0.0613 e. The first-order valence-corrected chi connectivity index (χ1v) is 7.30. The number of aliphatic hydroxyl groups excluding tert-OH is 1. The third-order valence-electron chi connectivity index (χ3n) is 3.13. The van der Waals surface area contributed by atoms with Crippen molar-refractivity contribution in [2.75, 3.05) is 20.6 Å². The third-order valence-corrected chi connectivity index (χ3v) is 3.94. The predicted octanol–water partition coefficient (Wildman–Crippen LogP) is 2.75. The summed E-state index contributed by atoms with van der Waals surface area (Å²) in [5.74, 6) is 0. The molecule has 0 aromatic heterocycles. The zero-order valence-corrected chi connectivity index (χ0v) is 12.9. The lowest BCUT2D eigenvalue weighted by Crippen LogP contribution is -2.43. The maximum atomic E-state index is 9.96. The van der Waals surface area contributed by atoms with Gasteiger partial charge in [-0.3, -0.25) is 10.4 Å². The van der Waals surface area contributed by atoms with Gasteiger partial charge in [0.2, 0.25) is 0 Å². The Morgan fingerprint density at radius 2 is 2.00 bits per heavy atom. The summed E-state index contributed by atoms with van der Waals surface area (Å²) < 4.78 is 0. The first-order chi connectivity index (χ1) is 8.94. The van der Waals surface area contributed by atoms with Crippen LogP contribution in [0.1, 0.15) is 13.8 Å². The molecule has 2 N–H and O–H groups in total. The fraction of sp³-hybridized carbons (Fsp3) is 0.467. The Hall–Kier alpha value is -0.810. The van der Waals surface area contributed by atoms with Gasteiger partial charge in [0.25, 0.3) is 0 Å². The van der Waals surface area contributed by atoms with Crippen LogP contribution < -0.4 is 5.43 Å². The molecule has 106 valence electrons. The van der Waals surface area contributed by atoms with Crippen molar-refractivity contribution in [3.05, 3.63) is 41.8 Å².